The van der Waals surface area contributed by atoms with Gasteiger partial charge >= 0.3 is 5.97 Å². The van der Waals surface area contributed by atoms with E-state index in [4.69, 9.17) is 16.3 Å². The summed E-state index contributed by atoms with van der Waals surface area (Å²) in [6.45, 7) is 3.98. The van der Waals surface area contributed by atoms with Crippen molar-refractivity contribution >= 4 is 29.4 Å². The number of esters is 1. The fraction of sp³-hybridized carbons (Fsp3) is 0.389. The molecular formula is C18H21ClN2O4. The first kappa shape index (κ1) is 19.0. The first-order valence-electron chi connectivity index (χ1n) is 8.02. The lowest BCUT2D eigenvalue weighted by Crippen LogP contribution is -2.46. The second-order valence-electron chi connectivity index (χ2n) is 5.79. The predicted molar refractivity (Wildman–Crippen MR) is 93.9 cm³/mol. The van der Waals surface area contributed by atoms with Crippen molar-refractivity contribution in [3.63, 3.8) is 0 Å². The van der Waals surface area contributed by atoms with Crippen LogP contribution in [0.2, 0.25) is 5.02 Å². The molecule has 1 aromatic carbocycles. The molecule has 0 bridgehead atoms. The van der Waals surface area contributed by atoms with Gasteiger partial charge in [-0.2, -0.15) is 0 Å². The lowest BCUT2D eigenvalue weighted by Gasteiger charge is -2.26. The molecule has 25 heavy (non-hydrogen) atoms. The number of halogens is 1. The molecule has 1 saturated heterocycles. The van der Waals surface area contributed by atoms with Crippen LogP contribution in [-0.2, 0) is 19.1 Å². The van der Waals surface area contributed by atoms with Crippen molar-refractivity contribution in [1.29, 1.82) is 0 Å². The minimum Gasteiger partial charge on any atom is -0.469 e. The number of methoxy groups -OCH3 is 1. The summed E-state index contributed by atoms with van der Waals surface area (Å²) in [4.78, 5) is 37.8. The van der Waals surface area contributed by atoms with Crippen LogP contribution in [0.4, 0.5) is 0 Å². The van der Waals surface area contributed by atoms with Gasteiger partial charge in [0.2, 0.25) is 11.8 Å². The summed E-state index contributed by atoms with van der Waals surface area (Å²) in [5.74, 6) is -1.03. The zero-order valence-electron chi connectivity index (χ0n) is 14.0. The van der Waals surface area contributed by atoms with Gasteiger partial charge < -0.3 is 15.0 Å². The largest absolute Gasteiger partial charge is 0.469 e. The molecule has 0 radical (unpaired) electrons. The first-order valence-corrected chi connectivity index (χ1v) is 8.39. The van der Waals surface area contributed by atoms with Crippen LogP contribution in [0, 0.1) is 0 Å². The quantitative estimate of drug-likeness (QED) is 0.620. The van der Waals surface area contributed by atoms with Crippen LogP contribution in [0.1, 0.15) is 30.9 Å². The Balaban J connectivity index is 2.18. The monoisotopic (exact) mass is 364 g/mol. The molecule has 1 aliphatic heterocycles. The molecule has 1 N–H and O–H groups in total. The summed E-state index contributed by atoms with van der Waals surface area (Å²) in [5, 5.41) is 3.36. The number of amides is 2. The Kier molecular flexibility index (Phi) is 6.58. The van der Waals surface area contributed by atoms with Crippen molar-refractivity contribution in [2.24, 2.45) is 0 Å². The van der Waals surface area contributed by atoms with Crippen LogP contribution < -0.4 is 5.32 Å². The molecule has 6 nitrogen and oxygen atoms in total. The number of carbonyl (C=O) groups excluding carboxylic acids is 3. The highest BCUT2D eigenvalue weighted by Gasteiger charge is 2.34. The number of benzene rings is 1. The SMILES string of the molecule is C=CC(=O)N1CCCC1C(=O)N[C@@H](CC(=O)OC)c1cccc(Cl)c1. The number of hydrogen-bond donors (Lipinski definition) is 1. The molecule has 1 aliphatic rings. The van der Waals surface area contributed by atoms with Gasteiger partial charge in [0.05, 0.1) is 19.6 Å². The summed E-state index contributed by atoms with van der Waals surface area (Å²) in [7, 11) is 1.29. The normalized spacial score (nSPS) is 17.7. The van der Waals surface area contributed by atoms with E-state index in [1.54, 1.807) is 24.3 Å². The Morgan fingerprint density at radius 2 is 2.24 bits per heavy atom. The molecule has 1 fully saturated rings. The summed E-state index contributed by atoms with van der Waals surface area (Å²) in [5.41, 5.74) is 0.700. The standard InChI is InChI=1S/C18H21ClN2O4/c1-3-16(22)21-9-5-8-15(21)18(24)20-14(11-17(23)25-2)12-6-4-7-13(19)10-12/h3-4,6-7,10,14-15H,1,5,8-9,11H2,2H3,(H,20,24)/t14-,15?/m0/s1. The zero-order chi connectivity index (χ0) is 18.4. The van der Waals surface area contributed by atoms with E-state index in [1.807, 2.05) is 0 Å². The maximum Gasteiger partial charge on any atom is 0.307 e. The van der Waals surface area contributed by atoms with Gasteiger partial charge in [0.15, 0.2) is 0 Å². The van der Waals surface area contributed by atoms with Crippen molar-refractivity contribution in [2.45, 2.75) is 31.3 Å². The highest BCUT2D eigenvalue weighted by atomic mass is 35.5. The van der Waals surface area contributed by atoms with Crippen LogP contribution in [-0.4, -0.2) is 42.4 Å². The maximum atomic E-state index is 12.7. The molecule has 1 aromatic rings. The number of carbonyl (C=O) groups is 3. The van der Waals surface area contributed by atoms with Gasteiger partial charge in [0, 0.05) is 11.6 Å². The second kappa shape index (κ2) is 8.67. The molecule has 0 spiro atoms. The van der Waals surface area contributed by atoms with E-state index in [2.05, 4.69) is 11.9 Å². The minimum atomic E-state index is -0.583. The summed E-state index contributed by atoms with van der Waals surface area (Å²) >= 11 is 6.01. The van der Waals surface area contributed by atoms with Gasteiger partial charge in [0.25, 0.3) is 0 Å². The Labute approximate surface area is 151 Å². The third kappa shape index (κ3) is 4.82. The number of rotatable bonds is 6. The van der Waals surface area contributed by atoms with E-state index in [9.17, 15) is 14.4 Å². The summed E-state index contributed by atoms with van der Waals surface area (Å²) in [6.07, 6.45) is 2.50. The van der Waals surface area contributed by atoms with Gasteiger partial charge in [-0.1, -0.05) is 30.3 Å². The molecular weight excluding hydrogens is 344 g/mol. The maximum absolute atomic E-state index is 12.7. The average Bonchev–Trinajstić information content (AvgIpc) is 3.10. The third-order valence-corrected chi connectivity index (χ3v) is 4.41. The van der Waals surface area contributed by atoms with E-state index in [0.29, 0.717) is 23.6 Å². The Morgan fingerprint density at radius 1 is 1.48 bits per heavy atom. The number of nitrogens with zero attached hydrogens (tertiary/aromatic N) is 1. The summed E-state index contributed by atoms with van der Waals surface area (Å²) in [6, 6.07) is 5.78. The molecule has 2 rings (SSSR count). The van der Waals surface area contributed by atoms with Crippen molar-refractivity contribution in [3.05, 3.63) is 47.5 Å². The highest BCUT2D eigenvalue weighted by Crippen LogP contribution is 2.23. The van der Waals surface area contributed by atoms with E-state index in [1.165, 1.54) is 18.1 Å². The lowest BCUT2D eigenvalue weighted by atomic mass is 10.0. The molecule has 2 atom stereocenters. The fourth-order valence-electron chi connectivity index (χ4n) is 2.91. The topological polar surface area (TPSA) is 75.7 Å². The highest BCUT2D eigenvalue weighted by molar-refractivity contribution is 6.30. The number of likely N-dealkylation sites (tertiary alicyclic amines) is 1. The smallest absolute Gasteiger partial charge is 0.307 e. The van der Waals surface area contributed by atoms with Crippen molar-refractivity contribution in [2.75, 3.05) is 13.7 Å². The fourth-order valence-corrected chi connectivity index (χ4v) is 3.11. The van der Waals surface area contributed by atoms with Crippen molar-refractivity contribution in [3.8, 4) is 0 Å². The lowest BCUT2D eigenvalue weighted by molar-refractivity contribution is -0.142. The second-order valence-corrected chi connectivity index (χ2v) is 6.23. The van der Waals surface area contributed by atoms with E-state index in [-0.39, 0.29) is 18.2 Å². The van der Waals surface area contributed by atoms with Gasteiger partial charge in [-0.3, -0.25) is 14.4 Å². The van der Waals surface area contributed by atoms with Gasteiger partial charge in [-0.15, -0.1) is 0 Å². The Bertz CT molecular complexity index is 677. The Morgan fingerprint density at radius 3 is 2.88 bits per heavy atom. The Hall–Kier alpha value is -2.34. The molecule has 134 valence electrons. The van der Waals surface area contributed by atoms with Crippen molar-refractivity contribution in [1.82, 2.24) is 10.2 Å². The zero-order valence-corrected chi connectivity index (χ0v) is 14.8. The minimum absolute atomic E-state index is 0.0231. The average molecular weight is 365 g/mol. The molecule has 7 heteroatoms. The number of nitrogens with one attached hydrogen (secondary N) is 1. The van der Waals surface area contributed by atoms with E-state index < -0.39 is 18.1 Å². The molecule has 0 aromatic heterocycles. The van der Waals surface area contributed by atoms with Crippen LogP contribution in [0.15, 0.2) is 36.9 Å². The van der Waals surface area contributed by atoms with Crippen LogP contribution in [0.25, 0.3) is 0 Å². The van der Waals surface area contributed by atoms with E-state index in [0.717, 1.165) is 6.42 Å². The molecule has 0 saturated carbocycles. The van der Waals surface area contributed by atoms with Gasteiger partial charge in [-0.25, -0.2) is 0 Å². The molecule has 1 unspecified atom stereocenters. The van der Waals surface area contributed by atoms with Gasteiger partial charge in [0.1, 0.15) is 6.04 Å². The molecule has 1 heterocycles. The molecule has 2 amide bonds. The predicted octanol–water partition coefficient (Wildman–Crippen LogP) is 2.24. The van der Waals surface area contributed by atoms with Crippen molar-refractivity contribution < 1.29 is 19.1 Å². The van der Waals surface area contributed by atoms with E-state index >= 15 is 0 Å². The number of ether oxygens (including phenoxy) is 1. The first-order chi connectivity index (χ1) is 12.0. The van der Waals surface area contributed by atoms with Crippen LogP contribution in [0.5, 0.6) is 0 Å². The van der Waals surface area contributed by atoms with Gasteiger partial charge in [-0.05, 0) is 36.6 Å². The third-order valence-electron chi connectivity index (χ3n) is 4.18. The number of hydrogen-bond acceptors (Lipinski definition) is 4. The van der Waals surface area contributed by atoms with Crippen LogP contribution in [0.3, 0.4) is 0 Å². The molecule has 0 aliphatic carbocycles. The summed E-state index contributed by atoms with van der Waals surface area (Å²) < 4.78 is 4.72. The van der Waals surface area contributed by atoms with Crippen LogP contribution >= 0.6 is 11.6 Å².